The van der Waals surface area contributed by atoms with Crippen molar-refractivity contribution in [3.05, 3.63) is 61.0 Å². The van der Waals surface area contributed by atoms with Crippen LogP contribution in [0.1, 0.15) is 12.5 Å². The normalized spacial score (nSPS) is 11.1. The van der Waals surface area contributed by atoms with Crippen LogP contribution in [0, 0.1) is 5.82 Å². The number of hydrogen-bond donors (Lipinski definition) is 1. The minimum atomic E-state index is -0.537. The monoisotopic (exact) mass is 368 g/mol. The lowest BCUT2D eigenvalue weighted by molar-refractivity contribution is 0.625. The molecular formula is C14H14BrFN4O2. The highest BCUT2D eigenvalue weighted by Crippen LogP contribution is 2.14. The zero-order valence-corrected chi connectivity index (χ0v) is 13.6. The Bertz CT molecular complexity index is 797. The molecule has 2 rings (SSSR count). The zero-order valence-electron chi connectivity index (χ0n) is 12.0. The van der Waals surface area contributed by atoms with Crippen molar-refractivity contribution in [1.82, 2.24) is 9.55 Å². The van der Waals surface area contributed by atoms with E-state index in [0.29, 0.717) is 12.1 Å². The lowest BCUT2D eigenvalue weighted by Crippen LogP contribution is -2.34. The quantitative estimate of drug-likeness (QED) is 0.661. The fourth-order valence-electron chi connectivity index (χ4n) is 1.74. The average molecular weight is 369 g/mol. The molecule has 0 bridgehead atoms. The standard InChI is InChI=1S/C14H14BrFN4O2/c1-3-20(12-7-13(21)19(2)14(22)18-12)17-8-9-6-10(15)4-5-11(9)16/h4-8H,3H2,1-2H3,(H,18,22)/b17-8-. The highest BCUT2D eigenvalue weighted by Gasteiger charge is 2.07. The summed E-state index contributed by atoms with van der Waals surface area (Å²) in [6.07, 6.45) is 1.33. The summed E-state index contributed by atoms with van der Waals surface area (Å²) in [5.41, 5.74) is -0.690. The maximum Gasteiger partial charge on any atom is 0.329 e. The molecule has 0 saturated heterocycles. The third kappa shape index (κ3) is 3.51. The van der Waals surface area contributed by atoms with Gasteiger partial charge in [0.25, 0.3) is 5.56 Å². The van der Waals surface area contributed by atoms with Crippen molar-refractivity contribution >= 4 is 28.0 Å². The predicted octanol–water partition coefficient (Wildman–Crippen LogP) is 1.84. The molecular weight excluding hydrogens is 355 g/mol. The first-order valence-corrected chi connectivity index (χ1v) is 7.28. The first kappa shape index (κ1) is 16.2. The van der Waals surface area contributed by atoms with Gasteiger partial charge in [-0.15, -0.1) is 0 Å². The largest absolute Gasteiger partial charge is 0.329 e. The second-order valence-electron chi connectivity index (χ2n) is 4.48. The Morgan fingerprint density at radius 1 is 1.41 bits per heavy atom. The lowest BCUT2D eigenvalue weighted by atomic mass is 10.2. The van der Waals surface area contributed by atoms with E-state index in [1.165, 1.54) is 30.4 Å². The molecule has 0 fully saturated rings. The van der Waals surface area contributed by atoms with E-state index in [1.54, 1.807) is 19.1 Å². The number of rotatable bonds is 4. The minimum absolute atomic E-state index is 0.252. The molecule has 8 heteroatoms. The number of halogens is 2. The van der Waals surface area contributed by atoms with Crippen LogP contribution in [0.2, 0.25) is 0 Å². The molecule has 1 heterocycles. The summed E-state index contributed by atoms with van der Waals surface area (Å²) in [4.78, 5) is 25.8. The fraction of sp³-hybridized carbons (Fsp3) is 0.214. The highest BCUT2D eigenvalue weighted by atomic mass is 79.9. The van der Waals surface area contributed by atoms with Gasteiger partial charge in [-0.1, -0.05) is 15.9 Å². The smallest absolute Gasteiger partial charge is 0.292 e. The Balaban J connectivity index is 2.37. The Kier molecular flexibility index (Phi) is 4.92. The minimum Gasteiger partial charge on any atom is -0.292 e. The summed E-state index contributed by atoms with van der Waals surface area (Å²) >= 11 is 3.26. The predicted molar refractivity (Wildman–Crippen MR) is 87.0 cm³/mol. The fourth-order valence-corrected chi connectivity index (χ4v) is 2.12. The maximum absolute atomic E-state index is 13.7. The van der Waals surface area contributed by atoms with Crippen LogP contribution in [-0.2, 0) is 7.05 Å². The van der Waals surface area contributed by atoms with Crippen LogP contribution in [0.25, 0.3) is 0 Å². The second kappa shape index (κ2) is 6.69. The molecule has 1 N–H and O–H groups in total. The van der Waals surface area contributed by atoms with E-state index >= 15 is 0 Å². The Morgan fingerprint density at radius 3 is 2.77 bits per heavy atom. The molecule has 0 radical (unpaired) electrons. The first-order chi connectivity index (χ1) is 10.4. The van der Waals surface area contributed by atoms with Gasteiger partial charge in [-0.2, -0.15) is 5.10 Å². The van der Waals surface area contributed by atoms with Gasteiger partial charge in [0, 0.05) is 29.7 Å². The summed E-state index contributed by atoms with van der Waals surface area (Å²) < 4.78 is 15.3. The van der Waals surface area contributed by atoms with Crippen molar-refractivity contribution in [1.29, 1.82) is 0 Å². The molecule has 0 aliphatic heterocycles. The van der Waals surface area contributed by atoms with E-state index in [9.17, 15) is 14.0 Å². The van der Waals surface area contributed by atoms with Gasteiger partial charge < -0.3 is 0 Å². The Labute approximate surface area is 134 Å². The van der Waals surface area contributed by atoms with Gasteiger partial charge in [0.15, 0.2) is 0 Å². The van der Waals surface area contributed by atoms with Crippen molar-refractivity contribution in [2.45, 2.75) is 6.92 Å². The number of hydrogen-bond acceptors (Lipinski definition) is 4. The van der Waals surface area contributed by atoms with Crippen molar-refractivity contribution < 1.29 is 4.39 Å². The SMILES string of the molecule is CCN(/N=C\c1cc(Br)ccc1F)c1cc(=O)n(C)c(=O)[nH]1. The summed E-state index contributed by atoms with van der Waals surface area (Å²) in [5, 5.41) is 5.53. The van der Waals surface area contributed by atoms with E-state index in [4.69, 9.17) is 0 Å². The van der Waals surface area contributed by atoms with Gasteiger partial charge in [0.05, 0.1) is 6.21 Å². The molecule has 0 aliphatic carbocycles. The molecule has 0 atom stereocenters. The molecule has 1 aromatic heterocycles. The molecule has 0 aliphatic rings. The lowest BCUT2D eigenvalue weighted by Gasteiger charge is -2.16. The molecule has 116 valence electrons. The van der Waals surface area contributed by atoms with Crippen molar-refractivity contribution in [3.8, 4) is 0 Å². The van der Waals surface area contributed by atoms with Crippen LogP contribution in [0.15, 0.2) is 43.4 Å². The molecule has 6 nitrogen and oxygen atoms in total. The number of nitrogens with zero attached hydrogens (tertiary/aromatic N) is 3. The van der Waals surface area contributed by atoms with Crippen LogP contribution in [0.3, 0.4) is 0 Å². The van der Waals surface area contributed by atoms with E-state index < -0.39 is 17.1 Å². The number of hydrazone groups is 1. The number of anilines is 1. The van der Waals surface area contributed by atoms with Gasteiger partial charge in [-0.05, 0) is 25.1 Å². The van der Waals surface area contributed by atoms with Crippen molar-refractivity contribution in [3.63, 3.8) is 0 Å². The van der Waals surface area contributed by atoms with E-state index in [-0.39, 0.29) is 5.82 Å². The highest BCUT2D eigenvalue weighted by molar-refractivity contribution is 9.10. The Morgan fingerprint density at radius 2 is 2.14 bits per heavy atom. The second-order valence-corrected chi connectivity index (χ2v) is 5.40. The van der Waals surface area contributed by atoms with Gasteiger partial charge in [-0.3, -0.25) is 14.3 Å². The van der Waals surface area contributed by atoms with Crippen LogP contribution >= 0.6 is 15.9 Å². The van der Waals surface area contributed by atoms with Crippen LogP contribution in [-0.4, -0.2) is 22.3 Å². The van der Waals surface area contributed by atoms with E-state index in [2.05, 4.69) is 26.0 Å². The average Bonchev–Trinajstić information content (AvgIpc) is 2.48. The molecule has 0 spiro atoms. The number of aromatic amines is 1. The molecule has 1 aromatic carbocycles. The van der Waals surface area contributed by atoms with Crippen LogP contribution in [0.5, 0.6) is 0 Å². The molecule has 0 unspecified atom stereocenters. The molecule has 22 heavy (non-hydrogen) atoms. The summed E-state index contributed by atoms with van der Waals surface area (Å²) in [6, 6.07) is 5.75. The Hall–Kier alpha value is -2.22. The van der Waals surface area contributed by atoms with Gasteiger partial charge in [0.2, 0.25) is 0 Å². The molecule has 0 amide bonds. The number of nitrogens with one attached hydrogen (secondary N) is 1. The third-order valence-electron chi connectivity index (χ3n) is 3.00. The molecule has 0 saturated carbocycles. The van der Waals surface area contributed by atoms with E-state index in [1.807, 2.05) is 0 Å². The van der Waals surface area contributed by atoms with Gasteiger partial charge in [-0.25, -0.2) is 14.2 Å². The summed E-state index contributed by atoms with van der Waals surface area (Å²) in [6.45, 7) is 2.19. The number of H-pyrrole nitrogens is 1. The zero-order chi connectivity index (χ0) is 16.3. The third-order valence-corrected chi connectivity index (χ3v) is 3.50. The van der Waals surface area contributed by atoms with Gasteiger partial charge >= 0.3 is 5.69 Å². The van der Waals surface area contributed by atoms with E-state index in [0.717, 1.165) is 9.04 Å². The topological polar surface area (TPSA) is 70.5 Å². The number of benzene rings is 1. The summed E-state index contributed by atoms with van der Waals surface area (Å²) in [7, 11) is 1.38. The summed E-state index contributed by atoms with van der Waals surface area (Å²) in [5.74, 6) is -0.164. The van der Waals surface area contributed by atoms with Gasteiger partial charge in [0.1, 0.15) is 11.6 Å². The number of aromatic nitrogens is 2. The molecule has 2 aromatic rings. The first-order valence-electron chi connectivity index (χ1n) is 6.49. The van der Waals surface area contributed by atoms with Crippen molar-refractivity contribution in [2.75, 3.05) is 11.6 Å². The van der Waals surface area contributed by atoms with Crippen molar-refractivity contribution in [2.24, 2.45) is 12.1 Å². The van der Waals surface area contributed by atoms with Crippen LogP contribution < -0.4 is 16.3 Å². The van der Waals surface area contributed by atoms with Crippen LogP contribution in [0.4, 0.5) is 10.2 Å². The maximum atomic E-state index is 13.7.